The Balaban J connectivity index is 2.04. The van der Waals surface area contributed by atoms with E-state index in [1.165, 1.54) is 6.07 Å². The molecule has 0 fully saturated rings. The van der Waals surface area contributed by atoms with Crippen LogP contribution >= 0.6 is 0 Å². The highest BCUT2D eigenvalue weighted by Crippen LogP contribution is 2.22. The Morgan fingerprint density at radius 2 is 2.23 bits per heavy atom. The molecule has 1 aliphatic carbocycles. The number of Topliss-reactive ketones (excluding diaryl/α,β-unsaturated/α-hetero) is 1. The monoisotopic (exact) mass is 298 g/mol. The number of rotatable bonds is 3. The van der Waals surface area contributed by atoms with Gasteiger partial charge in [-0.2, -0.15) is 0 Å². The molecule has 1 heterocycles. The summed E-state index contributed by atoms with van der Waals surface area (Å²) in [5.41, 5.74) is 1.86. The van der Waals surface area contributed by atoms with Crippen LogP contribution in [0.2, 0.25) is 0 Å². The summed E-state index contributed by atoms with van der Waals surface area (Å²) in [6.45, 7) is 4.00. The molecule has 4 heteroatoms. The van der Waals surface area contributed by atoms with Gasteiger partial charge in [0.2, 0.25) is 5.76 Å². The van der Waals surface area contributed by atoms with Gasteiger partial charge in [0.1, 0.15) is 0 Å². The van der Waals surface area contributed by atoms with Crippen LogP contribution in [0.15, 0.2) is 39.8 Å². The van der Waals surface area contributed by atoms with Crippen molar-refractivity contribution in [3.05, 3.63) is 47.0 Å². The number of hydrogen-bond donors (Lipinski definition) is 0. The minimum Gasteiger partial charge on any atom is -0.460 e. The fourth-order valence-electron chi connectivity index (χ4n) is 2.21. The van der Waals surface area contributed by atoms with Crippen molar-refractivity contribution in [1.82, 2.24) is 0 Å². The van der Waals surface area contributed by atoms with E-state index in [4.69, 9.17) is 9.15 Å². The van der Waals surface area contributed by atoms with Crippen molar-refractivity contribution in [2.24, 2.45) is 0 Å². The molecule has 0 unspecified atom stereocenters. The number of allylic oxidation sites excluding steroid dienone is 4. The number of hydrogen-bond acceptors (Lipinski definition) is 4. The van der Waals surface area contributed by atoms with Crippen LogP contribution in [0.25, 0.3) is 0 Å². The van der Waals surface area contributed by atoms with E-state index in [-0.39, 0.29) is 11.5 Å². The van der Waals surface area contributed by atoms with Gasteiger partial charge in [0, 0.05) is 12.0 Å². The lowest BCUT2D eigenvalue weighted by Crippen LogP contribution is -2.08. The maximum absolute atomic E-state index is 11.8. The topological polar surface area (TPSA) is 56.5 Å². The van der Waals surface area contributed by atoms with E-state index in [2.05, 4.69) is 11.8 Å². The van der Waals surface area contributed by atoms with Gasteiger partial charge >= 0.3 is 5.97 Å². The highest BCUT2D eigenvalue weighted by Gasteiger charge is 2.14. The Bertz CT molecular complexity index is 692. The summed E-state index contributed by atoms with van der Waals surface area (Å²) in [5, 5.41) is 0. The van der Waals surface area contributed by atoms with Crippen molar-refractivity contribution in [1.29, 1.82) is 0 Å². The first-order valence-corrected chi connectivity index (χ1v) is 7.29. The molecule has 0 saturated heterocycles. The number of furan rings is 1. The van der Waals surface area contributed by atoms with Gasteiger partial charge in [-0.25, -0.2) is 4.79 Å². The van der Waals surface area contributed by atoms with Crippen molar-refractivity contribution in [2.45, 2.75) is 33.1 Å². The first-order valence-electron chi connectivity index (χ1n) is 7.29. The normalized spacial score (nSPS) is 14.9. The van der Waals surface area contributed by atoms with Gasteiger partial charge in [-0.05, 0) is 56.9 Å². The van der Waals surface area contributed by atoms with Crippen molar-refractivity contribution >= 4 is 11.8 Å². The molecule has 0 saturated carbocycles. The predicted molar refractivity (Wildman–Crippen MR) is 82.2 cm³/mol. The van der Waals surface area contributed by atoms with E-state index >= 15 is 0 Å². The highest BCUT2D eigenvalue weighted by atomic mass is 16.5. The Hall–Kier alpha value is -2.54. The maximum Gasteiger partial charge on any atom is 0.374 e. The molecule has 22 heavy (non-hydrogen) atoms. The van der Waals surface area contributed by atoms with Crippen LogP contribution in [0.4, 0.5) is 0 Å². The Kier molecular flexibility index (Phi) is 5.37. The Morgan fingerprint density at radius 3 is 2.95 bits per heavy atom. The van der Waals surface area contributed by atoms with Gasteiger partial charge in [0.05, 0.1) is 6.61 Å². The maximum atomic E-state index is 11.8. The van der Waals surface area contributed by atoms with Crippen molar-refractivity contribution < 1.29 is 18.7 Å². The molecule has 0 atom stereocenters. The van der Waals surface area contributed by atoms with Gasteiger partial charge in [0.15, 0.2) is 11.5 Å². The fourth-order valence-corrected chi connectivity index (χ4v) is 2.21. The second-order valence-corrected chi connectivity index (χ2v) is 4.96. The van der Waals surface area contributed by atoms with E-state index < -0.39 is 5.97 Å². The second-order valence-electron chi connectivity index (χ2n) is 4.96. The zero-order valence-corrected chi connectivity index (χ0v) is 12.8. The van der Waals surface area contributed by atoms with Crippen LogP contribution in [0, 0.1) is 11.8 Å². The summed E-state index contributed by atoms with van der Waals surface area (Å²) in [6.07, 6.45) is 5.87. The molecule has 0 amide bonds. The van der Waals surface area contributed by atoms with Crippen LogP contribution < -0.4 is 0 Å². The van der Waals surface area contributed by atoms with Gasteiger partial charge in [-0.1, -0.05) is 11.5 Å². The second kappa shape index (κ2) is 7.46. The van der Waals surface area contributed by atoms with Crippen molar-refractivity contribution in [3.63, 3.8) is 0 Å². The molecule has 1 aromatic heterocycles. The van der Waals surface area contributed by atoms with Gasteiger partial charge in [-0.3, -0.25) is 4.79 Å². The fraction of sp³-hybridized carbons (Fsp3) is 0.333. The predicted octanol–water partition coefficient (Wildman–Crippen LogP) is 3.43. The van der Waals surface area contributed by atoms with E-state index in [1.54, 1.807) is 25.1 Å². The minimum absolute atomic E-state index is 0.135. The molecule has 1 aliphatic rings. The summed E-state index contributed by atoms with van der Waals surface area (Å²) in [7, 11) is 0. The molecule has 4 nitrogen and oxygen atoms in total. The lowest BCUT2D eigenvalue weighted by Gasteiger charge is -2.12. The molecule has 0 aliphatic heterocycles. The quantitative estimate of drug-likeness (QED) is 0.633. The lowest BCUT2D eigenvalue weighted by molar-refractivity contribution is -0.115. The van der Waals surface area contributed by atoms with Gasteiger partial charge in [-0.15, -0.1) is 0 Å². The number of ether oxygens (including phenoxy) is 1. The average molecular weight is 298 g/mol. The summed E-state index contributed by atoms with van der Waals surface area (Å²) in [5.74, 6) is 5.79. The Labute approximate surface area is 129 Å². The molecule has 114 valence electrons. The smallest absolute Gasteiger partial charge is 0.374 e. The molecular weight excluding hydrogens is 280 g/mol. The molecular formula is C18H18O4. The minimum atomic E-state index is -0.500. The van der Waals surface area contributed by atoms with Gasteiger partial charge < -0.3 is 9.15 Å². The summed E-state index contributed by atoms with van der Waals surface area (Å²) in [4.78, 5) is 23.2. The summed E-state index contributed by atoms with van der Waals surface area (Å²) < 4.78 is 10.1. The molecule has 0 aromatic carbocycles. The van der Waals surface area contributed by atoms with Crippen molar-refractivity contribution in [2.75, 3.05) is 6.61 Å². The first-order chi connectivity index (χ1) is 10.6. The number of carbonyl (C=O) groups excluding carboxylic acids is 2. The van der Waals surface area contributed by atoms with Crippen LogP contribution in [0.5, 0.6) is 0 Å². The highest BCUT2D eigenvalue weighted by molar-refractivity contribution is 5.99. The third kappa shape index (κ3) is 3.98. The first kappa shape index (κ1) is 15.8. The zero-order chi connectivity index (χ0) is 15.9. The molecule has 1 aromatic rings. The number of esters is 1. The average Bonchev–Trinajstić information content (AvgIpc) is 2.95. The molecule has 0 radical (unpaired) electrons. The molecule has 2 rings (SSSR count). The molecule has 0 N–H and O–H groups in total. The van der Waals surface area contributed by atoms with Crippen LogP contribution in [-0.4, -0.2) is 18.4 Å². The molecule has 0 bridgehead atoms. The number of carbonyl (C=O) groups is 2. The summed E-state index contributed by atoms with van der Waals surface area (Å²) >= 11 is 0. The van der Waals surface area contributed by atoms with Crippen LogP contribution in [0.3, 0.4) is 0 Å². The van der Waals surface area contributed by atoms with Crippen molar-refractivity contribution in [3.8, 4) is 11.8 Å². The Morgan fingerprint density at radius 1 is 1.41 bits per heavy atom. The third-order valence-electron chi connectivity index (χ3n) is 3.33. The third-order valence-corrected chi connectivity index (χ3v) is 3.33. The zero-order valence-electron chi connectivity index (χ0n) is 12.8. The van der Waals surface area contributed by atoms with Gasteiger partial charge in [0.25, 0.3) is 0 Å². The SMILES string of the molecule is CCOC(=O)c1ccc(C#CC=CC2=C(C)CCCC2=O)o1. The van der Waals surface area contributed by atoms with E-state index in [9.17, 15) is 9.59 Å². The van der Waals surface area contributed by atoms with Crippen LogP contribution in [-0.2, 0) is 9.53 Å². The lowest BCUT2D eigenvalue weighted by atomic mass is 9.91. The molecule has 0 spiro atoms. The van der Waals surface area contributed by atoms with E-state index in [0.29, 0.717) is 18.8 Å². The van der Waals surface area contributed by atoms with E-state index in [0.717, 1.165) is 24.0 Å². The van der Waals surface area contributed by atoms with Crippen LogP contribution in [0.1, 0.15) is 49.4 Å². The van der Waals surface area contributed by atoms with E-state index in [1.807, 2.05) is 6.92 Å². The largest absolute Gasteiger partial charge is 0.460 e. The number of ketones is 1. The standard InChI is InChI=1S/C18H18O4/c1-3-21-18(20)17-12-11-14(22-17)8-4-5-9-15-13(2)7-6-10-16(15)19/h5,9,11-12H,3,6-7,10H2,1-2H3. The summed E-state index contributed by atoms with van der Waals surface area (Å²) in [6, 6.07) is 3.15.